The van der Waals surface area contributed by atoms with E-state index in [0.717, 1.165) is 16.9 Å². The molecule has 5 heteroatoms. The number of halogens is 1. The van der Waals surface area contributed by atoms with E-state index in [0.29, 0.717) is 12.2 Å². The van der Waals surface area contributed by atoms with Crippen molar-refractivity contribution in [3.05, 3.63) is 46.7 Å². The van der Waals surface area contributed by atoms with Crippen LogP contribution in [0.25, 0.3) is 11.1 Å². The highest BCUT2D eigenvalue weighted by Crippen LogP contribution is 2.30. The minimum atomic E-state index is -1.03. The third kappa shape index (κ3) is 2.91. The number of hydrogen-bond donors (Lipinski definition) is 1. The van der Waals surface area contributed by atoms with Crippen LogP contribution in [0, 0.1) is 6.92 Å². The average molecular weight is 292 g/mol. The molecule has 0 unspecified atom stereocenters. The summed E-state index contributed by atoms with van der Waals surface area (Å²) in [5, 5.41) is 9.43. The lowest BCUT2D eigenvalue weighted by Crippen LogP contribution is -2.01. The molecular weight excluding hydrogens is 278 g/mol. The van der Waals surface area contributed by atoms with Crippen LogP contribution < -0.4 is 4.74 Å². The van der Waals surface area contributed by atoms with Gasteiger partial charge in [0.15, 0.2) is 0 Å². The van der Waals surface area contributed by atoms with Crippen molar-refractivity contribution in [3.8, 4) is 16.9 Å². The molecule has 4 nitrogen and oxygen atoms in total. The minimum Gasteiger partial charge on any atom is -0.494 e. The van der Waals surface area contributed by atoms with E-state index in [4.69, 9.17) is 16.3 Å². The zero-order valence-corrected chi connectivity index (χ0v) is 11.9. The Morgan fingerprint density at radius 2 is 2.10 bits per heavy atom. The highest BCUT2D eigenvalue weighted by atomic mass is 35.5. The van der Waals surface area contributed by atoms with Gasteiger partial charge in [0.1, 0.15) is 10.9 Å². The molecule has 0 radical (unpaired) electrons. The number of benzene rings is 1. The summed E-state index contributed by atoms with van der Waals surface area (Å²) in [6.45, 7) is 4.40. The van der Waals surface area contributed by atoms with E-state index in [1.165, 1.54) is 12.3 Å². The van der Waals surface area contributed by atoms with Crippen molar-refractivity contribution in [1.82, 2.24) is 4.98 Å². The summed E-state index contributed by atoms with van der Waals surface area (Å²) in [7, 11) is 0. The van der Waals surface area contributed by atoms with Crippen LogP contribution in [-0.4, -0.2) is 22.7 Å². The summed E-state index contributed by atoms with van der Waals surface area (Å²) in [6.07, 6.45) is 1.48. The molecule has 0 atom stereocenters. The van der Waals surface area contributed by atoms with Crippen molar-refractivity contribution < 1.29 is 14.6 Å². The van der Waals surface area contributed by atoms with Gasteiger partial charge in [0.25, 0.3) is 0 Å². The molecule has 0 aliphatic carbocycles. The third-order valence-electron chi connectivity index (χ3n) is 2.90. The smallest absolute Gasteiger partial charge is 0.336 e. The van der Waals surface area contributed by atoms with Crippen molar-refractivity contribution >= 4 is 17.6 Å². The van der Waals surface area contributed by atoms with Gasteiger partial charge >= 0.3 is 5.97 Å². The number of aromatic nitrogens is 1. The van der Waals surface area contributed by atoms with Crippen molar-refractivity contribution in [1.29, 1.82) is 0 Å². The number of ether oxygens (including phenoxy) is 1. The van der Waals surface area contributed by atoms with Crippen molar-refractivity contribution in [2.75, 3.05) is 6.61 Å². The van der Waals surface area contributed by atoms with Crippen LogP contribution in [0.1, 0.15) is 22.8 Å². The number of carboxylic acids is 1. The fourth-order valence-corrected chi connectivity index (χ4v) is 2.17. The normalized spacial score (nSPS) is 10.3. The highest BCUT2D eigenvalue weighted by molar-refractivity contribution is 6.29. The Morgan fingerprint density at radius 3 is 2.70 bits per heavy atom. The number of aromatic carboxylic acids is 1. The SMILES string of the molecule is CCOc1ccc(-c2cnc(Cl)cc2C(=O)O)c(C)c1. The maximum atomic E-state index is 11.3. The van der Waals surface area contributed by atoms with Crippen molar-refractivity contribution in [3.63, 3.8) is 0 Å². The number of nitrogens with zero attached hydrogens (tertiary/aromatic N) is 1. The van der Waals surface area contributed by atoms with Crippen LogP contribution in [0.4, 0.5) is 0 Å². The zero-order valence-electron chi connectivity index (χ0n) is 11.2. The van der Waals surface area contributed by atoms with E-state index in [1.54, 1.807) is 0 Å². The first-order valence-electron chi connectivity index (χ1n) is 6.15. The third-order valence-corrected chi connectivity index (χ3v) is 3.11. The maximum Gasteiger partial charge on any atom is 0.336 e. The van der Waals surface area contributed by atoms with Crippen LogP contribution >= 0.6 is 11.6 Å². The van der Waals surface area contributed by atoms with E-state index < -0.39 is 5.97 Å². The molecule has 0 aliphatic rings. The largest absolute Gasteiger partial charge is 0.494 e. The lowest BCUT2D eigenvalue weighted by atomic mass is 9.98. The molecule has 0 amide bonds. The Hall–Kier alpha value is -2.07. The molecule has 0 saturated carbocycles. The lowest BCUT2D eigenvalue weighted by molar-refractivity contribution is 0.0697. The molecule has 1 N–H and O–H groups in total. The van der Waals surface area contributed by atoms with Gasteiger partial charge in [0.05, 0.1) is 12.2 Å². The standard InChI is InChI=1S/C15H14ClNO3/c1-3-20-10-4-5-11(9(2)6-10)13-8-17-14(16)7-12(13)15(18)19/h4-8H,3H2,1-2H3,(H,18,19). The summed E-state index contributed by atoms with van der Waals surface area (Å²) < 4.78 is 5.42. The molecule has 104 valence electrons. The van der Waals surface area contributed by atoms with E-state index in [9.17, 15) is 9.90 Å². The second-order valence-electron chi connectivity index (χ2n) is 4.27. The first-order valence-corrected chi connectivity index (χ1v) is 6.53. The summed E-state index contributed by atoms with van der Waals surface area (Å²) in [5.74, 6) is -0.273. The number of carboxylic acid groups (broad SMARTS) is 1. The van der Waals surface area contributed by atoms with Gasteiger partial charge in [-0.15, -0.1) is 0 Å². The van der Waals surface area contributed by atoms with E-state index in [1.807, 2.05) is 32.0 Å². The molecule has 1 aromatic heterocycles. The fourth-order valence-electron chi connectivity index (χ4n) is 2.02. The summed E-state index contributed by atoms with van der Waals surface area (Å²) >= 11 is 5.76. The predicted molar refractivity (Wildman–Crippen MR) is 77.5 cm³/mol. The zero-order chi connectivity index (χ0) is 14.7. The molecule has 0 aliphatic heterocycles. The second kappa shape index (κ2) is 5.92. The molecule has 0 bridgehead atoms. The first-order chi connectivity index (χ1) is 9.52. The predicted octanol–water partition coefficient (Wildman–Crippen LogP) is 3.81. The summed E-state index contributed by atoms with van der Waals surface area (Å²) in [4.78, 5) is 15.3. The van der Waals surface area contributed by atoms with Gasteiger partial charge < -0.3 is 9.84 Å². The fraction of sp³-hybridized carbons (Fsp3) is 0.200. The van der Waals surface area contributed by atoms with Crippen LogP contribution in [0.2, 0.25) is 5.15 Å². The van der Waals surface area contributed by atoms with Gasteiger partial charge in [-0.3, -0.25) is 0 Å². The van der Waals surface area contributed by atoms with Gasteiger partial charge in [0.2, 0.25) is 0 Å². The lowest BCUT2D eigenvalue weighted by Gasteiger charge is -2.11. The Labute approximate surface area is 122 Å². The Bertz CT molecular complexity index is 656. The number of pyridine rings is 1. The number of carbonyl (C=O) groups is 1. The Kier molecular flexibility index (Phi) is 4.25. The average Bonchev–Trinajstić information content (AvgIpc) is 2.40. The number of hydrogen-bond acceptors (Lipinski definition) is 3. The van der Waals surface area contributed by atoms with Crippen molar-refractivity contribution in [2.24, 2.45) is 0 Å². The molecule has 2 rings (SSSR count). The first kappa shape index (κ1) is 14.3. The summed E-state index contributed by atoms with van der Waals surface area (Å²) in [5.41, 5.74) is 2.40. The highest BCUT2D eigenvalue weighted by Gasteiger charge is 2.15. The van der Waals surface area contributed by atoms with Gasteiger partial charge in [0, 0.05) is 11.8 Å². The van der Waals surface area contributed by atoms with Crippen molar-refractivity contribution in [2.45, 2.75) is 13.8 Å². The molecule has 0 fully saturated rings. The van der Waals surface area contributed by atoms with E-state index >= 15 is 0 Å². The van der Waals surface area contributed by atoms with Crippen LogP contribution in [0.3, 0.4) is 0 Å². The molecular formula is C15H14ClNO3. The van der Waals surface area contributed by atoms with Crippen LogP contribution in [-0.2, 0) is 0 Å². The van der Waals surface area contributed by atoms with Gasteiger partial charge in [-0.2, -0.15) is 0 Å². The van der Waals surface area contributed by atoms with E-state index in [-0.39, 0.29) is 10.7 Å². The maximum absolute atomic E-state index is 11.3. The molecule has 20 heavy (non-hydrogen) atoms. The number of aryl methyl sites for hydroxylation is 1. The van der Waals surface area contributed by atoms with Gasteiger partial charge in [-0.25, -0.2) is 9.78 Å². The molecule has 0 saturated heterocycles. The second-order valence-corrected chi connectivity index (χ2v) is 4.65. The van der Waals surface area contributed by atoms with Gasteiger partial charge in [-0.05, 0) is 43.2 Å². The molecule has 1 aromatic carbocycles. The Morgan fingerprint density at radius 1 is 1.35 bits per heavy atom. The van der Waals surface area contributed by atoms with Crippen LogP contribution in [0.15, 0.2) is 30.5 Å². The Balaban J connectivity index is 2.54. The minimum absolute atomic E-state index is 0.136. The van der Waals surface area contributed by atoms with E-state index in [2.05, 4.69) is 4.98 Å². The molecule has 1 heterocycles. The monoisotopic (exact) mass is 291 g/mol. The topological polar surface area (TPSA) is 59.4 Å². The summed E-state index contributed by atoms with van der Waals surface area (Å²) in [6, 6.07) is 6.87. The van der Waals surface area contributed by atoms with Gasteiger partial charge in [-0.1, -0.05) is 17.7 Å². The number of rotatable bonds is 4. The quantitative estimate of drug-likeness (QED) is 0.870. The molecule has 0 spiro atoms. The van der Waals surface area contributed by atoms with Crippen LogP contribution in [0.5, 0.6) is 5.75 Å². The molecule has 2 aromatic rings.